The molecule has 2 amide bonds. The Kier molecular flexibility index (Phi) is 7.03. The molecule has 0 atom stereocenters. The highest BCUT2D eigenvalue weighted by atomic mass is 16.5. The summed E-state index contributed by atoms with van der Waals surface area (Å²) < 4.78 is 10.5. The van der Waals surface area contributed by atoms with E-state index in [1.807, 2.05) is 44.1 Å². The van der Waals surface area contributed by atoms with Gasteiger partial charge in [0.25, 0.3) is 5.91 Å². The highest BCUT2D eigenvalue weighted by Gasteiger charge is 2.07. The van der Waals surface area contributed by atoms with E-state index in [2.05, 4.69) is 5.32 Å². The molecule has 0 spiro atoms. The number of rotatable bonds is 8. The number of primary amides is 1. The number of nitrogens with one attached hydrogen (secondary N) is 1. The van der Waals surface area contributed by atoms with Gasteiger partial charge in [0.15, 0.2) is 18.1 Å². The summed E-state index contributed by atoms with van der Waals surface area (Å²) in [4.78, 5) is 25.1. The molecule has 3 N–H and O–H groups in total. The van der Waals surface area contributed by atoms with Gasteiger partial charge >= 0.3 is 0 Å². The quantitative estimate of drug-likeness (QED) is 0.684. The van der Waals surface area contributed by atoms with E-state index in [0.717, 1.165) is 22.5 Å². The summed E-state index contributed by atoms with van der Waals surface area (Å²) in [7, 11) is 5.43. The fraction of sp³-hybridized carbons (Fsp3) is 0.238. The van der Waals surface area contributed by atoms with E-state index in [4.69, 9.17) is 15.2 Å². The van der Waals surface area contributed by atoms with Crippen molar-refractivity contribution in [3.63, 3.8) is 0 Å². The van der Waals surface area contributed by atoms with Crippen molar-refractivity contribution >= 4 is 29.3 Å². The van der Waals surface area contributed by atoms with E-state index in [1.54, 1.807) is 24.3 Å². The number of nitrogens with zero attached hydrogens (tertiary/aromatic N) is 1. The zero-order valence-corrected chi connectivity index (χ0v) is 16.5. The molecule has 0 heterocycles. The molecule has 0 saturated carbocycles. The Bertz CT molecular complexity index is 891. The van der Waals surface area contributed by atoms with Gasteiger partial charge in [-0.2, -0.15) is 0 Å². The SMILES string of the molecule is COc1cc(C=CC(=O)Nc2ccc(N(C)C)cc2C)ccc1OCC(N)=O. The second-order valence-electron chi connectivity index (χ2n) is 6.38. The summed E-state index contributed by atoms with van der Waals surface area (Å²) in [5.74, 6) is 0.0313. The monoisotopic (exact) mass is 383 g/mol. The first-order chi connectivity index (χ1) is 13.3. The van der Waals surface area contributed by atoms with Crippen LogP contribution in [0.25, 0.3) is 6.08 Å². The fourth-order valence-corrected chi connectivity index (χ4v) is 2.47. The summed E-state index contributed by atoms with van der Waals surface area (Å²) in [6.07, 6.45) is 3.11. The largest absolute Gasteiger partial charge is 0.493 e. The molecule has 7 nitrogen and oxygen atoms in total. The third-order valence-electron chi connectivity index (χ3n) is 3.97. The number of hydrogen-bond acceptors (Lipinski definition) is 5. The Morgan fingerprint density at radius 3 is 2.50 bits per heavy atom. The van der Waals surface area contributed by atoms with Crippen LogP contribution in [-0.2, 0) is 9.59 Å². The van der Waals surface area contributed by atoms with Gasteiger partial charge in [0, 0.05) is 31.5 Å². The number of anilines is 2. The standard InChI is InChI=1S/C21H25N3O4/c1-14-11-16(24(2)3)7-8-17(14)23-21(26)10-6-15-5-9-18(19(12-15)27-4)28-13-20(22)25/h5-12H,13H2,1-4H3,(H2,22,25)(H,23,26). The van der Waals surface area contributed by atoms with Crippen molar-refractivity contribution in [3.8, 4) is 11.5 Å². The number of hydrogen-bond donors (Lipinski definition) is 2. The molecule has 148 valence electrons. The van der Waals surface area contributed by atoms with Crippen molar-refractivity contribution in [2.24, 2.45) is 5.73 Å². The fourth-order valence-electron chi connectivity index (χ4n) is 2.47. The summed E-state index contributed by atoms with van der Waals surface area (Å²) in [5.41, 5.74) is 8.63. The van der Waals surface area contributed by atoms with Gasteiger partial charge < -0.3 is 25.4 Å². The van der Waals surface area contributed by atoms with Crippen LogP contribution in [-0.4, -0.2) is 39.6 Å². The Labute approximate surface area is 164 Å². The number of ether oxygens (including phenoxy) is 2. The Morgan fingerprint density at radius 2 is 1.89 bits per heavy atom. The molecule has 0 aliphatic heterocycles. The second kappa shape index (κ2) is 9.45. The van der Waals surface area contributed by atoms with Gasteiger partial charge in [0.1, 0.15) is 0 Å². The van der Waals surface area contributed by atoms with E-state index in [9.17, 15) is 9.59 Å². The van der Waals surface area contributed by atoms with Crippen molar-refractivity contribution in [1.82, 2.24) is 0 Å². The van der Waals surface area contributed by atoms with E-state index in [0.29, 0.717) is 11.5 Å². The first-order valence-electron chi connectivity index (χ1n) is 8.66. The van der Waals surface area contributed by atoms with Crippen LogP contribution in [0.1, 0.15) is 11.1 Å². The number of carbonyl (C=O) groups is 2. The van der Waals surface area contributed by atoms with Gasteiger partial charge in [-0.1, -0.05) is 6.07 Å². The number of aryl methyl sites for hydroxylation is 1. The van der Waals surface area contributed by atoms with Crippen molar-refractivity contribution in [2.75, 3.05) is 38.0 Å². The van der Waals surface area contributed by atoms with Gasteiger partial charge in [-0.3, -0.25) is 9.59 Å². The van der Waals surface area contributed by atoms with Crippen molar-refractivity contribution in [3.05, 3.63) is 53.6 Å². The molecular formula is C21H25N3O4. The topological polar surface area (TPSA) is 93.9 Å². The van der Waals surface area contributed by atoms with Crippen molar-refractivity contribution in [1.29, 1.82) is 0 Å². The first-order valence-corrected chi connectivity index (χ1v) is 8.66. The van der Waals surface area contributed by atoms with Crippen LogP contribution in [0.2, 0.25) is 0 Å². The van der Waals surface area contributed by atoms with Gasteiger partial charge in [0.2, 0.25) is 5.91 Å². The Balaban J connectivity index is 2.06. The third-order valence-corrected chi connectivity index (χ3v) is 3.97. The van der Waals surface area contributed by atoms with Crippen LogP contribution in [0.3, 0.4) is 0 Å². The van der Waals surface area contributed by atoms with E-state index < -0.39 is 5.91 Å². The lowest BCUT2D eigenvalue weighted by Crippen LogP contribution is -2.20. The summed E-state index contributed by atoms with van der Waals surface area (Å²) in [6, 6.07) is 10.9. The molecule has 2 rings (SSSR count). The molecular weight excluding hydrogens is 358 g/mol. The van der Waals surface area contributed by atoms with E-state index in [1.165, 1.54) is 13.2 Å². The number of amides is 2. The van der Waals surface area contributed by atoms with Gasteiger partial charge in [-0.05, 0) is 54.5 Å². The Morgan fingerprint density at radius 1 is 1.14 bits per heavy atom. The lowest BCUT2D eigenvalue weighted by molar-refractivity contribution is -0.120. The highest BCUT2D eigenvalue weighted by molar-refractivity contribution is 6.02. The van der Waals surface area contributed by atoms with Crippen molar-refractivity contribution < 1.29 is 19.1 Å². The summed E-state index contributed by atoms with van der Waals surface area (Å²) in [6.45, 7) is 1.71. The van der Waals surface area contributed by atoms with Crippen LogP contribution in [0.4, 0.5) is 11.4 Å². The minimum Gasteiger partial charge on any atom is -0.493 e. The van der Waals surface area contributed by atoms with Crippen LogP contribution in [0, 0.1) is 6.92 Å². The first kappa shape index (κ1) is 20.8. The molecule has 0 aromatic heterocycles. The van der Waals surface area contributed by atoms with E-state index in [-0.39, 0.29) is 12.5 Å². The maximum Gasteiger partial charge on any atom is 0.255 e. The number of nitrogens with two attached hydrogens (primary N) is 1. The number of benzene rings is 2. The van der Waals surface area contributed by atoms with Gasteiger partial charge in [-0.25, -0.2) is 0 Å². The Hall–Kier alpha value is -3.48. The molecule has 0 aliphatic rings. The zero-order chi connectivity index (χ0) is 20.7. The average molecular weight is 383 g/mol. The molecule has 0 fully saturated rings. The minimum atomic E-state index is -0.573. The maximum atomic E-state index is 12.2. The molecule has 0 aliphatic carbocycles. The molecule has 0 saturated heterocycles. The minimum absolute atomic E-state index is 0.236. The number of methoxy groups -OCH3 is 1. The lowest BCUT2D eigenvalue weighted by atomic mass is 10.1. The zero-order valence-electron chi connectivity index (χ0n) is 16.5. The van der Waals surface area contributed by atoms with Gasteiger partial charge in [-0.15, -0.1) is 0 Å². The normalized spacial score (nSPS) is 10.6. The van der Waals surface area contributed by atoms with Crippen LogP contribution in [0.15, 0.2) is 42.5 Å². The van der Waals surface area contributed by atoms with Gasteiger partial charge in [0.05, 0.1) is 7.11 Å². The van der Waals surface area contributed by atoms with Crippen LogP contribution in [0.5, 0.6) is 11.5 Å². The highest BCUT2D eigenvalue weighted by Crippen LogP contribution is 2.28. The molecule has 28 heavy (non-hydrogen) atoms. The average Bonchev–Trinajstić information content (AvgIpc) is 2.66. The summed E-state index contributed by atoms with van der Waals surface area (Å²) in [5, 5.41) is 2.87. The van der Waals surface area contributed by atoms with Crippen LogP contribution < -0.4 is 25.4 Å². The third kappa shape index (κ3) is 5.77. The molecule has 2 aromatic carbocycles. The van der Waals surface area contributed by atoms with E-state index >= 15 is 0 Å². The van der Waals surface area contributed by atoms with Crippen LogP contribution >= 0.6 is 0 Å². The number of carbonyl (C=O) groups excluding carboxylic acids is 2. The predicted molar refractivity (Wildman–Crippen MR) is 111 cm³/mol. The second-order valence-corrected chi connectivity index (χ2v) is 6.38. The molecule has 0 unspecified atom stereocenters. The molecule has 7 heteroatoms. The summed E-state index contributed by atoms with van der Waals surface area (Å²) >= 11 is 0. The predicted octanol–water partition coefficient (Wildman–Crippen LogP) is 2.59. The molecule has 0 radical (unpaired) electrons. The molecule has 2 aromatic rings. The molecule has 0 bridgehead atoms. The van der Waals surface area contributed by atoms with Crippen molar-refractivity contribution in [2.45, 2.75) is 6.92 Å². The maximum absolute atomic E-state index is 12.2. The lowest BCUT2D eigenvalue weighted by Gasteiger charge is -2.15. The smallest absolute Gasteiger partial charge is 0.255 e.